The van der Waals surface area contributed by atoms with E-state index in [1.807, 2.05) is 24.4 Å². The number of nitrogens with zero attached hydrogens (tertiary/aromatic N) is 1. The fraction of sp³-hybridized carbons (Fsp3) is 0.697. The van der Waals surface area contributed by atoms with E-state index >= 15 is 0 Å². The molecule has 0 saturated heterocycles. The maximum Gasteiger partial charge on any atom is 0.331 e. The molecular formula is C33H45NO7. The highest BCUT2D eigenvalue weighted by Crippen LogP contribution is 2.70. The van der Waals surface area contributed by atoms with E-state index in [1.54, 1.807) is 20.3 Å². The standard InChI is InChI=1S/C33H45NO7/c1-30-11-7-25-26(33(30,38)14-9-24(30)22-17-29(36)41-19-22)8-13-32(37)18-23(35)6-12-31(25,32)20-34-15-10-21-4-5-27(39-2)28(16-21)40-3/h4-5,16-17,20,23-26,35,37-38H,6-15,18-19H2,1-3H3/t23-,24+,25-,26+,30+,31-,32-,33+/m0/s1. The van der Waals surface area contributed by atoms with Gasteiger partial charge in [0.15, 0.2) is 11.5 Å². The molecule has 8 nitrogen and oxygen atoms in total. The number of hydrogen-bond donors (Lipinski definition) is 3. The monoisotopic (exact) mass is 567 g/mol. The van der Waals surface area contributed by atoms with Gasteiger partial charge >= 0.3 is 5.97 Å². The number of aliphatic hydroxyl groups is 3. The number of carbonyl (C=O) groups excluding carboxylic acids is 1. The van der Waals surface area contributed by atoms with Gasteiger partial charge in [-0.3, -0.25) is 4.99 Å². The van der Waals surface area contributed by atoms with Crippen molar-refractivity contribution in [3.05, 3.63) is 35.4 Å². The molecule has 4 fully saturated rings. The molecule has 4 aliphatic carbocycles. The van der Waals surface area contributed by atoms with Crippen molar-refractivity contribution in [2.45, 2.75) is 88.4 Å². The number of fused-ring (bicyclic) bond motifs is 5. The molecular weight excluding hydrogens is 522 g/mol. The van der Waals surface area contributed by atoms with Gasteiger partial charge in [-0.25, -0.2) is 4.79 Å². The number of methoxy groups -OCH3 is 2. The highest BCUT2D eigenvalue weighted by atomic mass is 16.5. The van der Waals surface area contributed by atoms with Gasteiger partial charge in [-0.2, -0.15) is 0 Å². The van der Waals surface area contributed by atoms with Crippen molar-refractivity contribution in [1.82, 2.24) is 0 Å². The quantitative estimate of drug-likeness (QED) is 0.336. The van der Waals surface area contributed by atoms with Crippen LogP contribution < -0.4 is 9.47 Å². The summed E-state index contributed by atoms with van der Waals surface area (Å²) in [7, 11) is 3.25. The Morgan fingerprint density at radius 1 is 1.02 bits per heavy atom. The normalized spacial score (nSPS) is 41.8. The predicted molar refractivity (Wildman–Crippen MR) is 154 cm³/mol. The second kappa shape index (κ2) is 10.4. The number of carbonyl (C=O) groups is 1. The van der Waals surface area contributed by atoms with Crippen LogP contribution in [-0.2, 0) is 16.0 Å². The average Bonchev–Trinajstić information content (AvgIpc) is 3.50. The first-order valence-corrected chi connectivity index (χ1v) is 15.3. The van der Waals surface area contributed by atoms with E-state index in [4.69, 9.17) is 19.2 Å². The minimum absolute atomic E-state index is 0.0256. The van der Waals surface area contributed by atoms with Crippen molar-refractivity contribution < 1.29 is 34.3 Å². The van der Waals surface area contributed by atoms with Crippen LogP contribution in [0.3, 0.4) is 0 Å². The highest BCUT2D eigenvalue weighted by molar-refractivity contribution is 5.85. The molecule has 3 N–H and O–H groups in total. The summed E-state index contributed by atoms with van der Waals surface area (Å²) in [5.41, 5.74) is -0.750. The van der Waals surface area contributed by atoms with Crippen molar-refractivity contribution in [2.75, 3.05) is 27.4 Å². The molecule has 0 radical (unpaired) electrons. The molecule has 8 atom stereocenters. The van der Waals surface area contributed by atoms with Gasteiger partial charge in [-0.05, 0) is 98.8 Å². The lowest BCUT2D eigenvalue weighted by Crippen LogP contribution is -2.68. The van der Waals surface area contributed by atoms with Gasteiger partial charge < -0.3 is 29.5 Å². The van der Waals surface area contributed by atoms with Crippen LogP contribution in [0.2, 0.25) is 0 Å². The molecule has 1 heterocycles. The van der Waals surface area contributed by atoms with Gasteiger partial charge in [-0.15, -0.1) is 0 Å². The molecule has 1 aromatic carbocycles. The van der Waals surface area contributed by atoms with Gasteiger partial charge in [0.1, 0.15) is 6.61 Å². The van der Waals surface area contributed by atoms with E-state index in [9.17, 15) is 20.1 Å². The lowest BCUT2D eigenvalue weighted by molar-refractivity contribution is -0.237. The molecule has 0 spiro atoms. The zero-order chi connectivity index (χ0) is 29.0. The zero-order valence-electron chi connectivity index (χ0n) is 24.6. The summed E-state index contributed by atoms with van der Waals surface area (Å²) in [5.74, 6) is 1.33. The first-order chi connectivity index (χ1) is 19.6. The second-order valence-electron chi connectivity index (χ2n) is 13.5. The van der Waals surface area contributed by atoms with Crippen LogP contribution in [0.4, 0.5) is 0 Å². The summed E-state index contributed by atoms with van der Waals surface area (Å²) in [6.45, 7) is 3.11. The third-order valence-corrected chi connectivity index (χ3v) is 11.9. The van der Waals surface area contributed by atoms with Crippen LogP contribution in [0.1, 0.15) is 70.3 Å². The zero-order valence-corrected chi connectivity index (χ0v) is 24.6. The van der Waals surface area contributed by atoms with Crippen molar-refractivity contribution in [2.24, 2.45) is 33.6 Å². The molecule has 0 bridgehead atoms. The van der Waals surface area contributed by atoms with Crippen LogP contribution in [0.5, 0.6) is 11.5 Å². The maximum absolute atomic E-state index is 12.6. The number of hydrogen-bond acceptors (Lipinski definition) is 8. The number of ether oxygens (including phenoxy) is 3. The second-order valence-corrected chi connectivity index (χ2v) is 13.5. The summed E-state index contributed by atoms with van der Waals surface area (Å²) in [5, 5.41) is 35.4. The third-order valence-electron chi connectivity index (χ3n) is 11.9. The largest absolute Gasteiger partial charge is 0.493 e. The number of aliphatic imine (C=N–C) groups is 1. The van der Waals surface area contributed by atoms with Gasteiger partial charge in [0, 0.05) is 36.1 Å². The van der Waals surface area contributed by atoms with Crippen LogP contribution in [0, 0.1) is 28.6 Å². The summed E-state index contributed by atoms with van der Waals surface area (Å²) in [6.07, 6.45) is 10.00. The lowest BCUT2D eigenvalue weighted by atomic mass is 9.41. The van der Waals surface area contributed by atoms with Gasteiger partial charge in [-0.1, -0.05) is 13.0 Å². The van der Waals surface area contributed by atoms with Crippen LogP contribution in [-0.4, -0.2) is 72.2 Å². The van der Waals surface area contributed by atoms with E-state index < -0.39 is 22.7 Å². The van der Waals surface area contributed by atoms with E-state index in [2.05, 4.69) is 6.92 Å². The van der Waals surface area contributed by atoms with Gasteiger partial charge in [0.05, 0.1) is 31.5 Å². The minimum Gasteiger partial charge on any atom is -0.493 e. The van der Waals surface area contributed by atoms with Crippen molar-refractivity contribution >= 4 is 12.2 Å². The van der Waals surface area contributed by atoms with Crippen molar-refractivity contribution in [3.63, 3.8) is 0 Å². The Balaban J connectivity index is 1.27. The predicted octanol–water partition coefficient (Wildman–Crippen LogP) is 4.03. The molecule has 0 aromatic heterocycles. The molecule has 41 heavy (non-hydrogen) atoms. The van der Waals surface area contributed by atoms with E-state index in [0.717, 1.165) is 43.2 Å². The van der Waals surface area contributed by atoms with Crippen LogP contribution in [0.15, 0.2) is 34.8 Å². The Bertz CT molecular complexity index is 1250. The fourth-order valence-corrected chi connectivity index (χ4v) is 9.82. The van der Waals surface area contributed by atoms with Gasteiger partial charge in [0.25, 0.3) is 0 Å². The smallest absolute Gasteiger partial charge is 0.331 e. The molecule has 0 unspecified atom stereocenters. The Morgan fingerprint density at radius 2 is 1.80 bits per heavy atom. The first-order valence-electron chi connectivity index (χ1n) is 15.3. The molecule has 1 aromatic rings. The van der Waals surface area contributed by atoms with Crippen LogP contribution in [0.25, 0.3) is 0 Å². The molecule has 8 heteroatoms. The van der Waals surface area contributed by atoms with Crippen LogP contribution >= 0.6 is 0 Å². The van der Waals surface area contributed by atoms with Gasteiger partial charge in [0.2, 0.25) is 0 Å². The summed E-state index contributed by atoms with van der Waals surface area (Å²) in [6, 6.07) is 5.90. The topological polar surface area (TPSA) is 118 Å². The number of benzene rings is 1. The summed E-state index contributed by atoms with van der Waals surface area (Å²) >= 11 is 0. The highest BCUT2D eigenvalue weighted by Gasteiger charge is 2.71. The first kappa shape index (κ1) is 28.7. The Hall–Kier alpha value is -2.42. The Morgan fingerprint density at radius 3 is 2.54 bits per heavy atom. The lowest BCUT2D eigenvalue weighted by Gasteiger charge is -2.65. The third kappa shape index (κ3) is 4.35. The SMILES string of the molecule is COc1ccc(CCN=C[C@]23CC[C@H](O)C[C@@]2(O)CC[C@@H]2[C@@H]3CC[C@]3(C)[C@@H](C4=CC(=O)OC4)CC[C@@]23O)cc1OC. The average molecular weight is 568 g/mol. The summed E-state index contributed by atoms with van der Waals surface area (Å²) in [4.78, 5) is 16.8. The molecule has 4 saturated carbocycles. The fourth-order valence-electron chi connectivity index (χ4n) is 9.82. The molecule has 1 aliphatic heterocycles. The Kier molecular flexibility index (Phi) is 7.27. The van der Waals surface area contributed by atoms with Crippen molar-refractivity contribution in [1.29, 1.82) is 0 Å². The number of esters is 1. The maximum atomic E-state index is 12.6. The van der Waals surface area contributed by atoms with E-state index in [-0.39, 0.29) is 29.1 Å². The minimum atomic E-state index is -1.05. The molecule has 0 amide bonds. The Labute approximate surface area is 242 Å². The number of cyclic esters (lactones) is 1. The van der Waals surface area contributed by atoms with Crippen molar-refractivity contribution in [3.8, 4) is 11.5 Å². The molecule has 224 valence electrons. The molecule has 6 rings (SSSR count). The molecule has 5 aliphatic rings. The summed E-state index contributed by atoms with van der Waals surface area (Å²) < 4.78 is 16.1. The number of aliphatic hydroxyl groups excluding tert-OH is 1. The number of rotatable bonds is 7. The van der Waals surface area contributed by atoms with E-state index in [0.29, 0.717) is 56.8 Å². The van der Waals surface area contributed by atoms with E-state index in [1.165, 1.54) is 0 Å².